The van der Waals surface area contributed by atoms with E-state index in [2.05, 4.69) is 31.4 Å². The maximum atomic E-state index is 12.2. The Labute approximate surface area is 173 Å². The van der Waals surface area contributed by atoms with Gasteiger partial charge in [-0.1, -0.05) is 29.8 Å². The number of hydrogen-bond acceptors (Lipinski definition) is 5. The van der Waals surface area contributed by atoms with Gasteiger partial charge in [-0.2, -0.15) is 10.2 Å². The first-order chi connectivity index (χ1) is 13.3. The second kappa shape index (κ2) is 8.53. The Hall–Kier alpha value is -2.72. The van der Waals surface area contributed by atoms with E-state index >= 15 is 0 Å². The fraction of sp³-hybridized carbons (Fsp3) is 0.235. The van der Waals surface area contributed by atoms with E-state index in [-0.39, 0.29) is 24.6 Å². The van der Waals surface area contributed by atoms with Gasteiger partial charge < -0.3 is 5.32 Å². The van der Waals surface area contributed by atoms with E-state index in [4.69, 9.17) is 11.6 Å². The zero-order chi connectivity index (χ0) is 20.3. The van der Waals surface area contributed by atoms with Crippen molar-refractivity contribution in [2.24, 2.45) is 0 Å². The number of anilines is 1. The summed E-state index contributed by atoms with van der Waals surface area (Å²) in [5.41, 5.74) is 1.15. The van der Waals surface area contributed by atoms with Crippen LogP contribution in [-0.2, 0) is 17.9 Å². The number of aromatic nitrogens is 4. The lowest BCUT2D eigenvalue weighted by molar-refractivity contribution is -0.385. The number of nitrogens with zero attached hydrogens (tertiary/aromatic N) is 5. The summed E-state index contributed by atoms with van der Waals surface area (Å²) in [6.45, 7) is 2.24. The SMILES string of the molecule is Cc1nn(CCC(=O)Nc2nn(Cc3ccccc3Cl)cc2Br)cc1[N+](=O)[O-]. The van der Waals surface area contributed by atoms with Gasteiger partial charge >= 0.3 is 5.69 Å². The topological polar surface area (TPSA) is 108 Å². The molecule has 0 radical (unpaired) electrons. The highest BCUT2D eigenvalue weighted by Crippen LogP contribution is 2.23. The van der Waals surface area contributed by atoms with E-state index < -0.39 is 4.92 Å². The smallest absolute Gasteiger partial charge is 0.308 e. The van der Waals surface area contributed by atoms with Crippen molar-refractivity contribution in [1.82, 2.24) is 19.6 Å². The fourth-order valence-electron chi connectivity index (χ4n) is 2.58. The Balaban J connectivity index is 1.60. The van der Waals surface area contributed by atoms with Gasteiger partial charge in [0.1, 0.15) is 11.9 Å². The van der Waals surface area contributed by atoms with Crippen LogP contribution in [0.25, 0.3) is 0 Å². The number of nitrogens with one attached hydrogen (secondary N) is 1. The second-order valence-corrected chi connectivity index (χ2v) is 7.29. The molecule has 0 aliphatic rings. The van der Waals surface area contributed by atoms with Gasteiger partial charge in [-0.15, -0.1) is 0 Å². The molecule has 3 rings (SSSR count). The number of benzene rings is 1. The van der Waals surface area contributed by atoms with Crippen molar-refractivity contribution in [3.05, 3.63) is 67.5 Å². The fourth-order valence-corrected chi connectivity index (χ4v) is 3.19. The lowest BCUT2D eigenvalue weighted by Gasteiger charge is -2.05. The molecule has 28 heavy (non-hydrogen) atoms. The first-order valence-electron chi connectivity index (χ1n) is 8.28. The molecule has 0 saturated heterocycles. The van der Waals surface area contributed by atoms with Gasteiger partial charge in [0.15, 0.2) is 5.82 Å². The summed E-state index contributed by atoms with van der Waals surface area (Å²) in [5.74, 6) is 0.110. The van der Waals surface area contributed by atoms with Gasteiger partial charge in [0.25, 0.3) is 0 Å². The molecule has 1 aromatic carbocycles. The number of hydrogen-bond donors (Lipinski definition) is 1. The highest BCUT2D eigenvalue weighted by molar-refractivity contribution is 9.10. The molecule has 146 valence electrons. The Morgan fingerprint density at radius 1 is 1.29 bits per heavy atom. The van der Waals surface area contributed by atoms with Crippen LogP contribution in [0.4, 0.5) is 11.5 Å². The van der Waals surface area contributed by atoms with Crippen LogP contribution < -0.4 is 5.32 Å². The average Bonchev–Trinajstić information content (AvgIpc) is 3.18. The molecule has 0 unspecified atom stereocenters. The van der Waals surface area contributed by atoms with Crippen LogP contribution in [-0.4, -0.2) is 30.4 Å². The highest BCUT2D eigenvalue weighted by Gasteiger charge is 2.16. The van der Waals surface area contributed by atoms with Gasteiger partial charge in [0.2, 0.25) is 5.91 Å². The van der Waals surface area contributed by atoms with E-state index in [9.17, 15) is 14.9 Å². The summed E-state index contributed by atoms with van der Waals surface area (Å²) in [6.07, 6.45) is 3.16. The summed E-state index contributed by atoms with van der Waals surface area (Å²) in [6, 6.07) is 7.46. The van der Waals surface area contributed by atoms with E-state index in [1.807, 2.05) is 18.2 Å². The van der Waals surface area contributed by atoms with Gasteiger partial charge in [-0.25, -0.2) is 0 Å². The number of aryl methyl sites for hydroxylation is 2. The third-order valence-corrected chi connectivity index (χ3v) is 4.90. The van der Waals surface area contributed by atoms with Crippen molar-refractivity contribution >= 4 is 44.9 Å². The lowest BCUT2D eigenvalue weighted by Crippen LogP contribution is -2.15. The molecule has 0 bridgehead atoms. The van der Waals surface area contributed by atoms with Crippen molar-refractivity contribution in [2.75, 3.05) is 5.32 Å². The van der Waals surface area contributed by atoms with Crippen LogP contribution in [0, 0.1) is 17.0 Å². The van der Waals surface area contributed by atoms with Gasteiger partial charge in [0.05, 0.1) is 15.9 Å². The molecule has 3 aromatic rings. The summed E-state index contributed by atoms with van der Waals surface area (Å²) >= 11 is 9.54. The van der Waals surface area contributed by atoms with Gasteiger partial charge in [-0.3, -0.25) is 24.3 Å². The maximum Gasteiger partial charge on any atom is 0.309 e. The molecule has 2 heterocycles. The summed E-state index contributed by atoms with van der Waals surface area (Å²) < 4.78 is 3.69. The number of carbonyl (C=O) groups excluding carboxylic acids is 1. The van der Waals surface area contributed by atoms with Crippen molar-refractivity contribution in [1.29, 1.82) is 0 Å². The zero-order valence-electron chi connectivity index (χ0n) is 14.8. The third-order valence-electron chi connectivity index (χ3n) is 3.95. The number of rotatable bonds is 7. The van der Waals surface area contributed by atoms with Crippen molar-refractivity contribution < 1.29 is 9.72 Å². The van der Waals surface area contributed by atoms with Crippen molar-refractivity contribution in [3.8, 4) is 0 Å². The molecule has 11 heteroatoms. The third kappa shape index (κ3) is 4.76. The normalized spacial score (nSPS) is 10.8. The molecule has 9 nitrogen and oxygen atoms in total. The predicted molar refractivity (Wildman–Crippen MR) is 107 cm³/mol. The second-order valence-electron chi connectivity index (χ2n) is 6.03. The van der Waals surface area contributed by atoms with Crippen LogP contribution in [0.15, 0.2) is 41.1 Å². The molecule has 1 N–H and O–H groups in total. The first-order valence-corrected chi connectivity index (χ1v) is 9.45. The van der Waals surface area contributed by atoms with Crippen LogP contribution in [0.5, 0.6) is 0 Å². The monoisotopic (exact) mass is 466 g/mol. The number of amides is 1. The largest absolute Gasteiger partial charge is 0.309 e. The molecule has 0 fully saturated rings. The summed E-state index contributed by atoms with van der Waals surface area (Å²) in [7, 11) is 0. The minimum Gasteiger partial charge on any atom is -0.308 e. The minimum absolute atomic E-state index is 0.0681. The van der Waals surface area contributed by atoms with Crippen molar-refractivity contribution in [3.63, 3.8) is 0 Å². The zero-order valence-corrected chi connectivity index (χ0v) is 17.1. The quantitative estimate of drug-likeness (QED) is 0.420. The number of carbonyl (C=O) groups is 1. The Kier molecular flexibility index (Phi) is 6.10. The van der Waals surface area contributed by atoms with E-state index in [1.165, 1.54) is 10.9 Å². The van der Waals surface area contributed by atoms with Crippen LogP contribution >= 0.6 is 27.5 Å². The number of nitro groups is 1. The van der Waals surface area contributed by atoms with E-state index in [1.54, 1.807) is 23.9 Å². The van der Waals surface area contributed by atoms with Crippen LogP contribution in [0.1, 0.15) is 17.7 Å². The molecule has 0 aliphatic carbocycles. The molecule has 0 atom stereocenters. The van der Waals surface area contributed by atoms with Gasteiger partial charge in [-0.05, 0) is 34.5 Å². The highest BCUT2D eigenvalue weighted by atomic mass is 79.9. The summed E-state index contributed by atoms with van der Waals surface area (Å²) in [5, 5.41) is 22.6. The van der Waals surface area contributed by atoms with E-state index in [0.29, 0.717) is 27.6 Å². The molecular weight excluding hydrogens is 452 g/mol. The van der Waals surface area contributed by atoms with Gasteiger partial charge in [0, 0.05) is 24.2 Å². The molecule has 0 saturated carbocycles. The maximum absolute atomic E-state index is 12.2. The molecule has 2 aromatic heterocycles. The van der Waals surface area contributed by atoms with Crippen LogP contribution in [0.2, 0.25) is 5.02 Å². The molecule has 0 aliphatic heterocycles. The average molecular weight is 468 g/mol. The Morgan fingerprint density at radius 2 is 2.04 bits per heavy atom. The molecule has 1 amide bonds. The Morgan fingerprint density at radius 3 is 2.71 bits per heavy atom. The minimum atomic E-state index is -0.498. The molecule has 0 spiro atoms. The lowest BCUT2D eigenvalue weighted by atomic mass is 10.2. The van der Waals surface area contributed by atoms with Crippen molar-refractivity contribution in [2.45, 2.75) is 26.4 Å². The molecular formula is C17H16BrClN6O3. The standard InChI is InChI=1S/C17H16BrClN6O3/c1-11-15(25(27)28)10-23(21-11)7-6-16(26)20-17-13(18)9-24(22-17)8-12-4-2-3-5-14(12)19/h2-5,9-10H,6-8H2,1H3,(H,20,22,26). The first kappa shape index (κ1) is 20.0. The summed E-state index contributed by atoms with van der Waals surface area (Å²) in [4.78, 5) is 22.6. The van der Waals surface area contributed by atoms with E-state index in [0.717, 1.165) is 5.56 Å². The number of halogens is 2. The van der Waals surface area contributed by atoms with Crippen LogP contribution in [0.3, 0.4) is 0 Å². The Bertz CT molecular complexity index is 1030. The predicted octanol–water partition coefficient (Wildman–Crippen LogP) is 3.79.